The van der Waals surface area contributed by atoms with Crippen molar-refractivity contribution in [2.45, 2.75) is 32.2 Å². The van der Waals surface area contributed by atoms with E-state index >= 15 is 0 Å². The molecule has 1 N–H and O–H groups in total. The van der Waals surface area contributed by atoms with Crippen LogP contribution in [0.15, 0.2) is 23.7 Å². The third-order valence-electron chi connectivity index (χ3n) is 3.43. The zero-order valence-electron chi connectivity index (χ0n) is 11.1. The smallest absolute Gasteiger partial charge is 0.252 e. The van der Waals surface area contributed by atoms with Crippen LogP contribution < -0.4 is 5.32 Å². The Morgan fingerprint density at radius 1 is 1.47 bits per heavy atom. The fourth-order valence-corrected chi connectivity index (χ4v) is 2.67. The topological polar surface area (TPSA) is 42.0 Å². The van der Waals surface area contributed by atoms with Crippen LogP contribution in [-0.2, 0) is 0 Å². The molecule has 1 heterocycles. The molecule has 0 atom stereocenters. The average molecular weight is 272 g/mol. The van der Waals surface area contributed by atoms with E-state index in [-0.39, 0.29) is 5.91 Å². The summed E-state index contributed by atoms with van der Waals surface area (Å²) in [6.45, 7) is 3.96. The molecule has 0 aliphatic heterocycles. The minimum absolute atomic E-state index is 0.128. The number of nitrogens with one attached hydrogen (secondary N) is 1. The van der Waals surface area contributed by atoms with Crippen molar-refractivity contribution >= 4 is 27.5 Å². The number of aromatic nitrogens is 1. The minimum atomic E-state index is -0.556. The number of terminal acetylenes is 1. The number of carbonyl (C=O) groups excluding carboxylic acids is 1. The summed E-state index contributed by atoms with van der Waals surface area (Å²) >= 11 is 1.52. The molecule has 4 heteroatoms. The molecule has 2 rings (SSSR count). The first-order chi connectivity index (χ1) is 9.14. The van der Waals surface area contributed by atoms with Gasteiger partial charge in [-0.05, 0) is 31.0 Å². The quantitative estimate of drug-likeness (QED) is 0.868. The molecule has 0 unspecified atom stereocenters. The van der Waals surface area contributed by atoms with Crippen molar-refractivity contribution in [1.82, 2.24) is 10.3 Å². The van der Waals surface area contributed by atoms with Crippen LogP contribution in [0.5, 0.6) is 0 Å². The Morgan fingerprint density at radius 2 is 2.21 bits per heavy atom. The summed E-state index contributed by atoms with van der Waals surface area (Å²) in [7, 11) is 0. The van der Waals surface area contributed by atoms with E-state index in [1.807, 2.05) is 26.0 Å². The van der Waals surface area contributed by atoms with E-state index in [1.165, 1.54) is 11.3 Å². The lowest BCUT2D eigenvalue weighted by Crippen LogP contribution is -2.46. The summed E-state index contributed by atoms with van der Waals surface area (Å²) in [6.07, 6.45) is 6.99. The second kappa shape index (κ2) is 5.41. The van der Waals surface area contributed by atoms with Gasteiger partial charge in [-0.15, -0.1) is 17.8 Å². The van der Waals surface area contributed by atoms with Crippen molar-refractivity contribution in [2.24, 2.45) is 0 Å². The fourth-order valence-electron chi connectivity index (χ4n) is 1.95. The highest BCUT2D eigenvalue weighted by Gasteiger charge is 2.25. The number of fused-ring (bicyclic) bond motifs is 1. The lowest BCUT2D eigenvalue weighted by molar-refractivity contribution is 0.0916. The number of rotatable bonds is 4. The number of nitrogens with zero attached hydrogens (tertiary/aromatic N) is 1. The molecule has 0 saturated carbocycles. The summed E-state index contributed by atoms with van der Waals surface area (Å²) in [5.41, 5.74) is 2.75. The highest BCUT2D eigenvalue weighted by atomic mass is 32.1. The zero-order valence-corrected chi connectivity index (χ0v) is 11.9. The Hall–Kier alpha value is -1.86. The van der Waals surface area contributed by atoms with Crippen molar-refractivity contribution < 1.29 is 4.79 Å². The lowest BCUT2D eigenvalue weighted by atomic mass is 9.93. The Morgan fingerprint density at radius 3 is 2.84 bits per heavy atom. The average Bonchev–Trinajstić information content (AvgIpc) is 2.92. The van der Waals surface area contributed by atoms with Gasteiger partial charge in [0.25, 0.3) is 5.91 Å². The van der Waals surface area contributed by atoms with E-state index in [1.54, 1.807) is 11.6 Å². The van der Waals surface area contributed by atoms with Gasteiger partial charge in [0.2, 0.25) is 0 Å². The SMILES string of the molecule is C#CC(CC)(CC)NC(=O)c1ccc2ncsc2c1. The van der Waals surface area contributed by atoms with Gasteiger partial charge in [-0.3, -0.25) is 4.79 Å². The third kappa shape index (κ3) is 2.61. The van der Waals surface area contributed by atoms with Crippen LogP contribution in [0.4, 0.5) is 0 Å². The molecular weight excluding hydrogens is 256 g/mol. The van der Waals surface area contributed by atoms with Crippen molar-refractivity contribution in [3.8, 4) is 12.3 Å². The Balaban J connectivity index is 2.26. The first kappa shape index (κ1) is 13.6. The molecule has 3 nitrogen and oxygen atoms in total. The largest absolute Gasteiger partial charge is 0.336 e. The first-order valence-electron chi connectivity index (χ1n) is 6.27. The van der Waals surface area contributed by atoms with Crippen molar-refractivity contribution in [3.05, 3.63) is 29.3 Å². The number of hydrogen-bond acceptors (Lipinski definition) is 3. The Kier molecular flexibility index (Phi) is 3.87. The molecule has 0 bridgehead atoms. The van der Waals surface area contributed by atoms with E-state index in [2.05, 4.69) is 16.2 Å². The van der Waals surface area contributed by atoms with Crippen LogP contribution in [0, 0.1) is 12.3 Å². The van der Waals surface area contributed by atoms with Crippen LogP contribution >= 0.6 is 11.3 Å². The molecule has 1 aromatic carbocycles. The van der Waals surface area contributed by atoms with Crippen molar-refractivity contribution in [1.29, 1.82) is 0 Å². The summed E-state index contributed by atoms with van der Waals surface area (Å²) in [5, 5.41) is 2.96. The van der Waals surface area contributed by atoms with Gasteiger partial charge in [0, 0.05) is 5.56 Å². The molecule has 0 spiro atoms. The van der Waals surface area contributed by atoms with E-state index in [4.69, 9.17) is 6.42 Å². The molecule has 0 fully saturated rings. The molecule has 1 aromatic heterocycles. The van der Waals surface area contributed by atoms with Gasteiger partial charge in [-0.25, -0.2) is 4.98 Å². The van der Waals surface area contributed by atoms with Gasteiger partial charge < -0.3 is 5.32 Å². The van der Waals surface area contributed by atoms with Gasteiger partial charge in [0.05, 0.1) is 15.7 Å². The Bertz CT molecular complexity index is 635. The van der Waals surface area contributed by atoms with E-state index in [0.717, 1.165) is 10.2 Å². The fraction of sp³-hybridized carbons (Fsp3) is 0.333. The van der Waals surface area contributed by atoms with Gasteiger partial charge in [0.15, 0.2) is 0 Å². The van der Waals surface area contributed by atoms with Crippen LogP contribution in [0.3, 0.4) is 0 Å². The van der Waals surface area contributed by atoms with Crippen LogP contribution in [0.2, 0.25) is 0 Å². The monoisotopic (exact) mass is 272 g/mol. The standard InChI is InChI=1S/C15H16N2OS/c1-4-15(5-2,6-3)17-14(18)11-7-8-12-13(9-11)19-10-16-12/h1,7-10H,5-6H2,2-3H3,(H,17,18). The summed E-state index contributed by atoms with van der Waals surface area (Å²) < 4.78 is 1.01. The molecule has 0 saturated heterocycles. The van der Waals surface area contributed by atoms with Gasteiger partial charge >= 0.3 is 0 Å². The third-order valence-corrected chi connectivity index (χ3v) is 4.22. The number of hydrogen-bond donors (Lipinski definition) is 1. The predicted molar refractivity (Wildman–Crippen MR) is 79.2 cm³/mol. The molecular formula is C15H16N2OS. The molecule has 0 radical (unpaired) electrons. The van der Waals surface area contributed by atoms with Gasteiger partial charge in [-0.1, -0.05) is 19.8 Å². The molecule has 0 aliphatic carbocycles. The van der Waals surface area contributed by atoms with Gasteiger partial charge in [0.1, 0.15) is 5.54 Å². The molecule has 0 aliphatic rings. The lowest BCUT2D eigenvalue weighted by Gasteiger charge is -2.27. The van der Waals surface area contributed by atoms with Crippen molar-refractivity contribution in [3.63, 3.8) is 0 Å². The second-order valence-electron chi connectivity index (χ2n) is 4.42. The normalized spacial score (nSPS) is 11.2. The maximum absolute atomic E-state index is 12.3. The highest BCUT2D eigenvalue weighted by molar-refractivity contribution is 7.16. The molecule has 2 aromatic rings. The van der Waals surface area contributed by atoms with Crippen LogP contribution in [0.1, 0.15) is 37.0 Å². The number of thiazole rings is 1. The first-order valence-corrected chi connectivity index (χ1v) is 7.15. The summed E-state index contributed by atoms with van der Waals surface area (Å²) in [4.78, 5) is 16.5. The van der Waals surface area contributed by atoms with Gasteiger partial charge in [-0.2, -0.15) is 0 Å². The molecule has 98 valence electrons. The second-order valence-corrected chi connectivity index (χ2v) is 5.31. The summed E-state index contributed by atoms with van der Waals surface area (Å²) in [6, 6.07) is 5.50. The molecule has 19 heavy (non-hydrogen) atoms. The van der Waals surface area contributed by atoms with E-state index in [9.17, 15) is 4.79 Å². The molecule has 1 amide bonds. The maximum atomic E-state index is 12.3. The van der Waals surface area contributed by atoms with Crippen LogP contribution in [-0.4, -0.2) is 16.4 Å². The van der Waals surface area contributed by atoms with E-state index in [0.29, 0.717) is 18.4 Å². The summed E-state index contributed by atoms with van der Waals surface area (Å²) in [5.74, 6) is 2.58. The zero-order chi connectivity index (χ0) is 13.9. The minimum Gasteiger partial charge on any atom is -0.336 e. The number of amides is 1. The Labute approximate surface area is 117 Å². The number of benzene rings is 1. The highest BCUT2D eigenvalue weighted by Crippen LogP contribution is 2.20. The number of carbonyl (C=O) groups is 1. The predicted octanol–water partition coefficient (Wildman–Crippen LogP) is 3.22. The van der Waals surface area contributed by atoms with Crippen LogP contribution in [0.25, 0.3) is 10.2 Å². The van der Waals surface area contributed by atoms with Crippen molar-refractivity contribution in [2.75, 3.05) is 0 Å². The maximum Gasteiger partial charge on any atom is 0.252 e. The van der Waals surface area contributed by atoms with E-state index < -0.39 is 5.54 Å².